The van der Waals surface area contributed by atoms with Crippen LogP contribution < -0.4 is 5.32 Å². The molecule has 0 fully saturated rings. The molecule has 0 aliphatic rings. The van der Waals surface area contributed by atoms with Crippen LogP contribution in [-0.2, 0) is 17.5 Å². The Hall–Kier alpha value is -1.24. The molecule has 0 heterocycles. The van der Waals surface area contributed by atoms with E-state index < -0.39 is 23.4 Å². The molecule has 1 amide bonds. The summed E-state index contributed by atoms with van der Waals surface area (Å²) in [5.41, 5.74) is -0.834. The third-order valence-corrected chi connectivity index (χ3v) is 2.83. The van der Waals surface area contributed by atoms with E-state index in [0.717, 1.165) is 6.07 Å². The van der Waals surface area contributed by atoms with E-state index in [9.17, 15) is 18.0 Å². The first-order valence-corrected chi connectivity index (χ1v) is 6.61. The predicted molar refractivity (Wildman–Crippen MR) is 72.2 cm³/mol. The minimum absolute atomic E-state index is 0.0616. The van der Waals surface area contributed by atoms with E-state index in [4.69, 9.17) is 4.74 Å². The van der Waals surface area contributed by atoms with E-state index in [1.165, 1.54) is 12.1 Å². The van der Waals surface area contributed by atoms with Gasteiger partial charge in [0, 0.05) is 11.0 Å². The van der Waals surface area contributed by atoms with Gasteiger partial charge in [-0.15, -0.1) is 0 Å². The van der Waals surface area contributed by atoms with Gasteiger partial charge in [0.25, 0.3) is 0 Å². The molecule has 0 atom stereocenters. The first-order valence-electron chi connectivity index (χ1n) is 5.81. The lowest BCUT2D eigenvalue weighted by atomic mass is 10.1. The number of benzene rings is 1. The maximum atomic E-state index is 12.6. The van der Waals surface area contributed by atoms with E-state index in [2.05, 4.69) is 21.2 Å². The second-order valence-corrected chi connectivity index (χ2v) is 6.02. The Kier molecular flexibility index (Phi) is 5.07. The monoisotopic (exact) mass is 353 g/mol. The normalized spacial score (nSPS) is 12.2. The maximum Gasteiger partial charge on any atom is 0.417 e. The topological polar surface area (TPSA) is 38.3 Å². The standard InChI is InChI=1S/C13H15BrF3NO2/c1-12(2,3)20-11(19)18-7-8-4-5-9(10(14)6-8)13(15,16)17/h4-6H,7H2,1-3H3,(H,18,19). The molecule has 7 heteroatoms. The van der Waals surface area contributed by atoms with Crippen molar-refractivity contribution in [2.75, 3.05) is 0 Å². The minimum Gasteiger partial charge on any atom is -0.444 e. The van der Waals surface area contributed by atoms with E-state index in [1.54, 1.807) is 20.8 Å². The molecular formula is C13H15BrF3NO2. The zero-order valence-electron chi connectivity index (χ0n) is 11.3. The summed E-state index contributed by atoms with van der Waals surface area (Å²) in [6, 6.07) is 3.60. The second kappa shape index (κ2) is 6.03. The third-order valence-electron chi connectivity index (χ3n) is 2.17. The fourth-order valence-corrected chi connectivity index (χ4v) is 2.04. The van der Waals surface area contributed by atoms with Gasteiger partial charge in [-0.2, -0.15) is 13.2 Å². The highest BCUT2D eigenvalue weighted by atomic mass is 79.9. The fraction of sp³-hybridized carbons (Fsp3) is 0.462. The van der Waals surface area contributed by atoms with Gasteiger partial charge >= 0.3 is 12.3 Å². The Labute approximate surface area is 123 Å². The number of ether oxygens (including phenoxy) is 1. The SMILES string of the molecule is CC(C)(C)OC(=O)NCc1ccc(C(F)(F)F)c(Br)c1. The molecule has 0 aromatic heterocycles. The molecule has 1 rings (SSSR count). The van der Waals surface area contributed by atoms with Gasteiger partial charge in [0.05, 0.1) is 5.56 Å². The Balaban J connectivity index is 2.67. The van der Waals surface area contributed by atoms with Gasteiger partial charge in [-0.05, 0) is 38.5 Å². The van der Waals surface area contributed by atoms with Crippen molar-refractivity contribution in [3.63, 3.8) is 0 Å². The molecule has 0 aliphatic carbocycles. The molecule has 1 N–H and O–H groups in total. The summed E-state index contributed by atoms with van der Waals surface area (Å²) in [7, 11) is 0. The van der Waals surface area contributed by atoms with Crippen molar-refractivity contribution in [1.29, 1.82) is 0 Å². The number of carbonyl (C=O) groups excluding carboxylic acids is 1. The van der Waals surface area contributed by atoms with Crippen LogP contribution in [0.15, 0.2) is 22.7 Å². The van der Waals surface area contributed by atoms with Crippen molar-refractivity contribution in [3.05, 3.63) is 33.8 Å². The number of alkyl halides is 3. The van der Waals surface area contributed by atoms with E-state index in [-0.39, 0.29) is 11.0 Å². The predicted octanol–water partition coefficient (Wildman–Crippen LogP) is 4.49. The number of halogens is 4. The highest BCUT2D eigenvalue weighted by molar-refractivity contribution is 9.10. The van der Waals surface area contributed by atoms with Crippen molar-refractivity contribution < 1.29 is 22.7 Å². The van der Waals surface area contributed by atoms with Gasteiger partial charge in [-0.3, -0.25) is 0 Å². The Morgan fingerprint density at radius 1 is 1.30 bits per heavy atom. The van der Waals surface area contributed by atoms with Crippen molar-refractivity contribution >= 4 is 22.0 Å². The largest absolute Gasteiger partial charge is 0.444 e. The van der Waals surface area contributed by atoms with Crippen LogP contribution in [0.4, 0.5) is 18.0 Å². The van der Waals surface area contributed by atoms with Gasteiger partial charge in [0.2, 0.25) is 0 Å². The van der Waals surface area contributed by atoms with E-state index in [1.807, 2.05) is 0 Å². The number of hydrogen-bond acceptors (Lipinski definition) is 2. The van der Waals surface area contributed by atoms with Gasteiger partial charge in [-0.1, -0.05) is 22.0 Å². The van der Waals surface area contributed by atoms with Crippen LogP contribution in [0.2, 0.25) is 0 Å². The van der Waals surface area contributed by atoms with E-state index in [0.29, 0.717) is 5.56 Å². The molecule has 0 bridgehead atoms. The number of rotatable bonds is 2. The third kappa shape index (κ3) is 5.40. The number of amides is 1. The first-order chi connectivity index (χ1) is 8.99. The smallest absolute Gasteiger partial charge is 0.417 e. The van der Waals surface area contributed by atoms with Crippen LogP contribution in [-0.4, -0.2) is 11.7 Å². The molecule has 3 nitrogen and oxygen atoms in total. The number of alkyl carbamates (subject to hydrolysis) is 1. The quantitative estimate of drug-likeness (QED) is 0.850. The number of nitrogens with one attached hydrogen (secondary N) is 1. The Morgan fingerprint density at radius 2 is 1.90 bits per heavy atom. The van der Waals surface area contributed by atoms with Gasteiger partial charge < -0.3 is 10.1 Å². The summed E-state index contributed by atoms with van der Waals surface area (Å²) < 4.78 is 42.6. The van der Waals surface area contributed by atoms with Crippen LogP contribution in [0, 0.1) is 0 Å². The average molecular weight is 354 g/mol. The zero-order chi connectivity index (χ0) is 15.6. The van der Waals surface area contributed by atoms with Crippen LogP contribution in [0.5, 0.6) is 0 Å². The zero-order valence-corrected chi connectivity index (χ0v) is 12.9. The summed E-state index contributed by atoms with van der Waals surface area (Å²) >= 11 is 2.87. The summed E-state index contributed by atoms with van der Waals surface area (Å²) in [6.07, 6.45) is -5.02. The molecule has 0 spiro atoms. The Morgan fingerprint density at radius 3 is 2.35 bits per heavy atom. The van der Waals surface area contributed by atoms with Gasteiger partial charge in [0.15, 0.2) is 0 Å². The first kappa shape index (κ1) is 16.8. The van der Waals surface area contributed by atoms with Crippen LogP contribution in [0.1, 0.15) is 31.9 Å². The summed E-state index contributed by atoms with van der Waals surface area (Å²) in [5, 5.41) is 2.48. The average Bonchev–Trinajstić information content (AvgIpc) is 2.22. The highest BCUT2D eigenvalue weighted by Crippen LogP contribution is 2.35. The number of hydrogen-bond donors (Lipinski definition) is 1. The second-order valence-electron chi connectivity index (χ2n) is 5.17. The number of carbonyl (C=O) groups is 1. The molecule has 0 saturated heterocycles. The molecule has 0 aliphatic heterocycles. The molecule has 1 aromatic rings. The maximum absolute atomic E-state index is 12.6. The lowest BCUT2D eigenvalue weighted by Crippen LogP contribution is -2.32. The van der Waals surface area contributed by atoms with Crippen LogP contribution in [0.25, 0.3) is 0 Å². The molecule has 1 aromatic carbocycles. The van der Waals surface area contributed by atoms with Crippen molar-refractivity contribution in [3.8, 4) is 0 Å². The van der Waals surface area contributed by atoms with Crippen molar-refractivity contribution in [1.82, 2.24) is 5.32 Å². The molecule has 0 unspecified atom stereocenters. The summed E-state index contributed by atoms with van der Waals surface area (Å²) in [5.74, 6) is 0. The van der Waals surface area contributed by atoms with Crippen LogP contribution >= 0.6 is 15.9 Å². The lowest BCUT2D eigenvalue weighted by Gasteiger charge is -2.19. The van der Waals surface area contributed by atoms with Crippen LogP contribution in [0.3, 0.4) is 0 Å². The summed E-state index contributed by atoms with van der Waals surface area (Å²) in [4.78, 5) is 11.4. The molecule has 0 radical (unpaired) electrons. The molecular weight excluding hydrogens is 339 g/mol. The van der Waals surface area contributed by atoms with Gasteiger partial charge in [-0.25, -0.2) is 4.79 Å². The summed E-state index contributed by atoms with van der Waals surface area (Å²) in [6.45, 7) is 5.26. The van der Waals surface area contributed by atoms with E-state index >= 15 is 0 Å². The van der Waals surface area contributed by atoms with Crippen molar-refractivity contribution in [2.24, 2.45) is 0 Å². The molecule has 0 saturated carbocycles. The minimum atomic E-state index is -4.41. The van der Waals surface area contributed by atoms with Gasteiger partial charge in [0.1, 0.15) is 5.60 Å². The Bertz CT molecular complexity index is 495. The lowest BCUT2D eigenvalue weighted by molar-refractivity contribution is -0.138. The van der Waals surface area contributed by atoms with Crippen molar-refractivity contribution in [2.45, 2.75) is 39.1 Å². The fourth-order valence-electron chi connectivity index (χ4n) is 1.39. The highest BCUT2D eigenvalue weighted by Gasteiger charge is 2.32. The molecule has 20 heavy (non-hydrogen) atoms. The molecule has 112 valence electrons.